The Balaban J connectivity index is 2.66. The molecule has 0 aromatic carbocycles. The van der Waals surface area contributed by atoms with E-state index in [0.29, 0.717) is 18.8 Å². The summed E-state index contributed by atoms with van der Waals surface area (Å²) in [6.45, 7) is 6.05. The number of esters is 1. The van der Waals surface area contributed by atoms with Crippen LogP contribution < -0.4 is 0 Å². The van der Waals surface area contributed by atoms with Crippen molar-refractivity contribution in [2.24, 2.45) is 11.3 Å². The molecule has 0 aromatic rings. The van der Waals surface area contributed by atoms with Gasteiger partial charge < -0.3 is 4.74 Å². The normalized spacial score (nSPS) is 25.7. The lowest BCUT2D eigenvalue weighted by molar-refractivity contribution is -0.149. The maximum Gasteiger partial charge on any atom is 0.310 e. The van der Waals surface area contributed by atoms with Crippen LogP contribution in [-0.2, 0) is 14.3 Å². The molecule has 0 spiro atoms. The predicted octanol–water partition coefficient (Wildman–Crippen LogP) is 2.55. The SMILES string of the molecule is CCOC(=O)C1CSSCC(C)(C)C(=O)C1. The minimum absolute atomic E-state index is 0.165. The van der Waals surface area contributed by atoms with Crippen molar-refractivity contribution in [3.05, 3.63) is 0 Å². The standard InChI is InChI=1S/C11H18O3S2/c1-4-14-10(13)8-5-9(12)11(2,3)7-16-15-6-8/h8H,4-7H2,1-3H3. The van der Waals surface area contributed by atoms with Gasteiger partial charge in [-0.1, -0.05) is 35.4 Å². The molecule has 1 heterocycles. The molecule has 0 N–H and O–H groups in total. The van der Waals surface area contributed by atoms with Gasteiger partial charge in [0.15, 0.2) is 0 Å². The smallest absolute Gasteiger partial charge is 0.310 e. The van der Waals surface area contributed by atoms with E-state index < -0.39 is 0 Å². The maximum atomic E-state index is 12.0. The van der Waals surface area contributed by atoms with Crippen LogP contribution in [0.1, 0.15) is 27.2 Å². The van der Waals surface area contributed by atoms with Crippen molar-refractivity contribution in [2.75, 3.05) is 18.1 Å². The first kappa shape index (κ1) is 13.9. The molecule has 0 aromatic heterocycles. The Labute approximate surface area is 104 Å². The zero-order valence-electron chi connectivity index (χ0n) is 9.95. The Kier molecular flexibility index (Phi) is 5.18. The van der Waals surface area contributed by atoms with Gasteiger partial charge in [-0.15, -0.1) is 0 Å². The first-order valence-electron chi connectivity index (χ1n) is 5.41. The Morgan fingerprint density at radius 2 is 2.19 bits per heavy atom. The van der Waals surface area contributed by atoms with Gasteiger partial charge in [0, 0.05) is 23.3 Å². The topological polar surface area (TPSA) is 43.4 Å². The lowest BCUT2D eigenvalue weighted by Gasteiger charge is -2.27. The van der Waals surface area contributed by atoms with E-state index >= 15 is 0 Å². The van der Waals surface area contributed by atoms with Crippen LogP contribution in [0.3, 0.4) is 0 Å². The molecule has 0 amide bonds. The minimum atomic E-state index is -0.331. The number of hydrogen-bond donors (Lipinski definition) is 0. The van der Waals surface area contributed by atoms with E-state index in [-0.39, 0.29) is 23.1 Å². The number of Topliss-reactive ketones (excluding diaryl/α,β-unsaturated/α-hetero) is 1. The van der Waals surface area contributed by atoms with Gasteiger partial charge >= 0.3 is 5.97 Å². The summed E-state index contributed by atoms with van der Waals surface area (Å²) in [5.41, 5.74) is -0.331. The molecule has 1 fully saturated rings. The van der Waals surface area contributed by atoms with Crippen LogP contribution >= 0.6 is 21.6 Å². The second-order valence-electron chi connectivity index (χ2n) is 4.51. The van der Waals surface area contributed by atoms with Crippen LogP contribution in [0.4, 0.5) is 0 Å². The summed E-state index contributed by atoms with van der Waals surface area (Å²) in [6, 6.07) is 0. The fourth-order valence-corrected chi connectivity index (χ4v) is 4.34. The third kappa shape index (κ3) is 3.70. The van der Waals surface area contributed by atoms with Crippen LogP contribution in [0.2, 0.25) is 0 Å². The average molecular weight is 262 g/mol. The molecule has 1 aliphatic heterocycles. The zero-order valence-corrected chi connectivity index (χ0v) is 11.6. The van der Waals surface area contributed by atoms with E-state index in [1.807, 2.05) is 13.8 Å². The molecular weight excluding hydrogens is 244 g/mol. The fourth-order valence-electron chi connectivity index (χ4n) is 1.37. The second-order valence-corrected chi connectivity index (χ2v) is 7.01. The predicted molar refractivity (Wildman–Crippen MR) is 68.4 cm³/mol. The number of hydrogen-bond acceptors (Lipinski definition) is 5. The van der Waals surface area contributed by atoms with Crippen molar-refractivity contribution in [3.8, 4) is 0 Å². The van der Waals surface area contributed by atoms with E-state index in [2.05, 4.69) is 0 Å². The molecule has 1 atom stereocenters. The largest absolute Gasteiger partial charge is 0.466 e. The number of ketones is 1. The molecule has 0 aliphatic carbocycles. The molecule has 1 saturated heterocycles. The van der Waals surface area contributed by atoms with Crippen LogP contribution in [-0.4, -0.2) is 29.9 Å². The van der Waals surface area contributed by atoms with Gasteiger partial charge in [0.2, 0.25) is 0 Å². The van der Waals surface area contributed by atoms with E-state index in [4.69, 9.17) is 4.74 Å². The van der Waals surface area contributed by atoms with Gasteiger partial charge in [-0.25, -0.2) is 0 Å². The molecule has 0 bridgehead atoms. The van der Waals surface area contributed by atoms with Gasteiger partial charge in [-0.05, 0) is 6.92 Å². The van der Waals surface area contributed by atoms with Crippen LogP contribution in [0.5, 0.6) is 0 Å². The van der Waals surface area contributed by atoms with Gasteiger partial charge in [-0.3, -0.25) is 9.59 Å². The van der Waals surface area contributed by atoms with Crippen molar-refractivity contribution < 1.29 is 14.3 Å². The summed E-state index contributed by atoms with van der Waals surface area (Å²) in [5, 5.41) is 0. The Morgan fingerprint density at radius 3 is 2.81 bits per heavy atom. The highest BCUT2D eigenvalue weighted by Gasteiger charge is 2.34. The van der Waals surface area contributed by atoms with E-state index in [9.17, 15) is 9.59 Å². The highest BCUT2D eigenvalue weighted by Crippen LogP contribution is 2.37. The fraction of sp³-hybridized carbons (Fsp3) is 0.818. The monoisotopic (exact) mass is 262 g/mol. The van der Waals surface area contributed by atoms with Crippen molar-refractivity contribution in [2.45, 2.75) is 27.2 Å². The average Bonchev–Trinajstić information content (AvgIpc) is 2.20. The molecule has 0 saturated carbocycles. The third-order valence-electron chi connectivity index (χ3n) is 2.58. The highest BCUT2D eigenvalue weighted by atomic mass is 33.1. The quantitative estimate of drug-likeness (QED) is 0.565. The van der Waals surface area contributed by atoms with Gasteiger partial charge in [0.25, 0.3) is 0 Å². The Bertz CT molecular complexity index is 276. The van der Waals surface area contributed by atoms with Crippen LogP contribution in [0.25, 0.3) is 0 Å². The summed E-state index contributed by atoms with van der Waals surface area (Å²) in [4.78, 5) is 23.6. The molecule has 92 valence electrons. The number of carbonyl (C=O) groups excluding carboxylic acids is 2. The molecular formula is C11H18O3S2. The number of carbonyl (C=O) groups is 2. The Morgan fingerprint density at radius 1 is 1.50 bits per heavy atom. The molecule has 3 nitrogen and oxygen atoms in total. The Hall–Kier alpha value is -0.160. The molecule has 1 unspecified atom stereocenters. The maximum absolute atomic E-state index is 12.0. The summed E-state index contributed by atoms with van der Waals surface area (Å²) < 4.78 is 4.98. The summed E-state index contributed by atoms with van der Waals surface area (Å²) in [7, 11) is 3.33. The summed E-state index contributed by atoms with van der Waals surface area (Å²) >= 11 is 0. The third-order valence-corrected chi connectivity index (χ3v) is 5.39. The van der Waals surface area contributed by atoms with Crippen LogP contribution in [0, 0.1) is 11.3 Å². The summed E-state index contributed by atoms with van der Waals surface area (Å²) in [6.07, 6.45) is 0.319. The van der Waals surface area contributed by atoms with Crippen molar-refractivity contribution in [1.29, 1.82) is 0 Å². The summed E-state index contributed by atoms with van der Waals surface area (Å²) in [5.74, 6) is 1.14. The van der Waals surface area contributed by atoms with E-state index in [1.54, 1.807) is 28.5 Å². The lowest BCUT2D eigenvalue weighted by Crippen LogP contribution is -2.33. The van der Waals surface area contributed by atoms with Crippen molar-refractivity contribution >= 4 is 33.3 Å². The van der Waals surface area contributed by atoms with E-state index in [1.165, 1.54) is 0 Å². The number of rotatable bonds is 2. The molecule has 1 rings (SSSR count). The highest BCUT2D eigenvalue weighted by molar-refractivity contribution is 8.76. The molecule has 0 radical (unpaired) electrons. The second kappa shape index (κ2) is 5.96. The van der Waals surface area contributed by atoms with Crippen molar-refractivity contribution in [3.63, 3.8) is 0 Å². The minimum Gasteiger partial charge on any atom is -0.466 e. The molecule has 1 aliphatic rings. The first-order valence-corrected chi connectivity index (χ1v) is 7.90. The van der Waals surface area contributed by atoms with Crippen LogP contribution in [0.15, 0.2) is 0 Å². The first-order chi connectivity index (χ1) is 7.47. The number of ether oxygens (including phenoxy) is 1. The molecule has 5 heteroatoms. The van der Waals surface area contributed by atoms with Gasteiger partial charge in [-0.2, -0.15) is 0 Å². The van der Waals surface area contributed by atoms with E-state index in [0.717, 1.165) is 5.75 Å². The molecule has 16 heavy (non-hydrogen) atoms. The van der Waals surface area contributed by atoms with Gasteiger partial charge in [0.1, 0.15) is 5.78 Å². The van der Waals surface area contributed by atoms with Gasteiger partial charge in [0.05, 0.1) is 12.5 Å². The lowest BCUT2D eigenvalue weighted by atomic mass is 9.85. The zero-order chi connectivity index (χ0) is 12.2. The van der Waals surface area contributed by atoms with Crippen molar-refractivity contribution in [1.82, 2.24) is 0 Å².